The van der Waals surface area contributed by atoms with Gasteiger partial charge in [-0.3, -0.25) is 4.79 Å². The molecule has 0 saturated carbocycles. The van der Waals surface area contributed by atoms with Gasteiger partial charge in [0.25, 0.3) is 0 Å². The minimum absolute atomic E-state index is 0.113. The number of halogens is 1. The summed E-state index contributed by atoms with van der Waals surface area (Å²) in [5.41, 5.74) is 1.82. The van der Waals surface area contributed by atoms with Crippen LogP contribution in [-0.2, 0) is 4.74 Å². The highest BCUT2D eigenvalue weighted by Gasteiger charge is 2.18. The number of Topliss-reactive ketones (excluding diaryl/α,β-unsaturated/α-hetero) is 1. The van der Waals surface area contributed by atoms with Gasteiger partial charge >= 0.3 is 5.97 Å². The van der Waals surface area contributed by atoms with Gasteiger partial charge in [-0.25, -0.2) is 9.18 Å². The van der Waals surface area contributed by atoms with Crippen LogP contribution in [-0.4, -0.2) is 18.4 Å². The third-order valence-electron chi connectivity index (χ3n) is 3.98. The van der Waals surface area contributed by atoms with Crippen molar-refractivity contribution >= 4 is 22.7 Å². The molecule has 0 unspecified atom stereocenters. The molecule has 4 nitrogen and oxygen atoms in total. The van der Waals surface area contributed by atoms with Crippen molar-refractivity contribution in [1.29, 1.82) is 0 Å². The Morgan fingerprint density at radius 1 is 1.08 bits per heavy atom. The molecule has 3 aromatic rings. The van der Waals surface area contributed by atoms with Crippen molar-refractivity contribution in [2.45, 2.75) is 19.8 Å². The lowest BCUT2D eigenvalue weighted by Crippen LogP contribution is -2.08. The lowest BCUT2D eigenvalue weighted by molar-refractivity contribution is 0.0460. The summed E-state index contributed by atoms with van der Waals surface area (Å²) < 4.78 is 23.6. The van der Waals surface area contributed by atoms with E-state index in [0.717, 1.165) is 10.9 Å². The molecule has 5 heteroatoms. The van der Waals surface area contributed by atoms with E-state index in [2.05, 4.69) is 0 Å². The van der Waals surface area contributed by atoms with E-state index in [1.54, 1.807) is 13.0 Å². The van der Waals surface area contributed by atoms with Crippen molar-refractivity contribution in [1.82, 2.24) is 0 Å². The summed E-state index contributed by atoms with van der Waals surface area (Å²) in [6.07, 6.45) is 0.610. The fraction of sp³-hybridized carbons (Fsp3) is 0.200. The van der Waals surface area contributed by atoms with Crippen molar-refractivity contribution in [3.05, 3.63) is 71.2 Å². The van der Waals surface area contributed by atoms with Crippen LogP contribution in [0.1, 0.15) is 39.3 Å². The average Bonchev–Trinajstić information content (AvgIpc) is 2.96. The number of rotatable bonds is 6. The number of fused-ring (bicyclic) bond motifs is 1. The van der Waals surface area contributed by atoms with E-state index in [9.17, 15) is 14.0 Å². The van der Waals surface area contributed by atoms with Crippen LogP contribution in [0.4, 0.5) is 4.39 Å². The molecular formula is C20H17FO4. The van der Waals surface area contributed by atoms with Crippen LogP contribution in [0.2, 0.25) is 0 Å². The Hall–Kier alpha value is -2.95. The predicted molar refractivity (Wildman–Crippen MR) is 91.2 cm³/mol. The highest BCUT2D eigenvalue weighted by Crippen LogP contribution is 2.25. The minimum atomic E-state index is -0.539. The van der Waals surface area contributed by atoms with Gasteiger partial charge in [0.1, 0.15) is 11.4 Å². The molecule has 0 radical (unpaired) electrons. The summed E-state index contributed by atoms with van der Waals surface area (Å²) in [5, 5.41) is 0.876. The summed E-state index contributed by atoms with van der Waals surface area (Å²) in [7, 11) is 0. The van der Waals surface area contributed by atoms with Crippen LogP contribution >= 0.6 is 0 Å². The third-order valence-corrected chi connectivity index (χ3v) is 3.98. The number of para-hydroxylation sites is 1. The summed E-state index contributed by atoms with van der Waals surface area (Å²) in [6, 6.07) is 12.8. The standard InChI is InChI=1S/C20H17FO4/c1-13-16-5-2-3-7-18(16)25-19(13)20(23)24-12-4-6-17(22)14-8-10-15(21)11-9-14/h2-3,5,7-11H,4,6,12H2,1H3. The highest BCUT2D eigenvalue weighted by atomic mass is 19.1. The van der Waals surface area contributed by atoms with E-state index in [1.165, 1.54) is 24.3 Å². The molecule has 0 amide bonds. The molecule has 0 N–H and O–H groups in total. The molecule has 0 aliphatic rings. The monoisotopic (exact) mass is 340 g/mol. The van der Waals surface area contributed by atoms with Gasteiger partial charge in [-0.05, 0) is 43.7 Å². The maximum absolute atomic E-state index is 12.8. The van der Waals surface area contributed by atoms with Crippen molar-refractivity contribution < 1.29 is 23.1 Å². The van der Waals surface area contributed by atoms with Gasteiger partial charge in [-0.1, -0.05) is 18.2 Å². The number of esters is 1. The Morgan fingerprint density at radius 2 is 1.80 bits per heavy atom. The summed E-state index contributed by atoms with van der Waals surface area (Å²) >= 11 is 0. The molecule has 0 aliphatic carbocycles. The molecule has 2 aromatic carbocycles. The number of hydrogen-bond donors (Lipinski definition) is 0. The molecule has 25 heavy (non-hydrogen) atoms. The minimum Gasteiger partial charge on any atom is -0.460 e. The Morgan fingerprint density at radius 3 is 2.52 bits per heavy atom. The smallest absolute Gasteiger partial charge is 0.374 e. The first-order valence-electron chi connectivity index (χ1n) is 8.00. The fourth-order valence-electron chi connectivity index (χ4n) is 2.61. The number of ketones is 1. The van der Waals surface area contributed by atoms with Crippen LogP contribution < -0.4 is 0 Å². The molecule has 0 fully saturated rings. The van der Waals surface area contributed by atoms with Crippen LogP contribution in [0.5, 0.6) is 0 Å². The second-order valence-corrected chi connectivity index (χ2v) is 5.72. The number of furan rings is 1. The number of aryl methyl sites for hydroxylation is 1. The molecule has 0 bridgehead atoms. The van der Waals surface area contributed by atoms with E-state index in [0.29, 0.717) is 17.6 Å². The second-order valence-electron chi connectivity index (χ2n) is 5.72. The number of hydrogen-bond acceptors (Lipinski definition) is 4. The fourth-order valence-corrected chi connectivity index (χ4v) is 2.61. The third kappa shape index (κ3) is 3.76. The molecule has 1 heterocycles. The van der Waals surface area contributed by atoms with Crippen molar-refractivity contribution in [3.8, 4) is 0 Å². The lowest BCUT2D eigenvalue weighted by Gasteiger charge is -2.04. The summed E-state index contributed by atoms with van der Waals surface area (Å²) in [6.45, 7) is 1.92. The number of carbonyl (C=O) groups excluding carboxylic acids is 2. The van der Waals surface area contributed by atoms with E-state index in [1.807, 2.05) is 18.2 Å². The summed E-state index contributed by atoms with van der Waals surface area (Å²) in [4.78, 5) is 24.1. The van der Waals surface area contributed by atoms with E-state index >= 15 is 0 Å². The van der Waals surface area contributed by atoms with Crippen molar-refractivity contribution in [2.75, 3.05) is 6.61 Å². The van der Waals surface area contributed by atoms with Crippen molar-refractivity contribution in [2.24, 2.45) is 0 Å². The average molecular weight is 340 g/mol. The Bertz CT molecular complexity index is 909. The highest BCUT2D eigenvalue weighted by molar-refractivity contribution is 5.96. The predicted octanol–water partition coefficient (Wildman–Crippen LogP) is 4.70. The molecule has 128 valence electrons. The van der Waals surface area contributed by atoms with Gasteiger partial charge in [0.2, 0.25) is 5.76 Å². The maximum atomic E-state index is 12.8. The molecule has 3 rings (SSSR count). The first kappa shape index (κ1) is 16.9. The van der Waals surface area contributed by atoms with Gasteiger partial charge in [0.15, 0.2) is 5.78 Å². The molecular weight excluding hydrogens is 323 g/mol. The molecule has 1 aromatic heterocycles. The van der Waals surface area contributed by atoms with Crippen molar-refractivity contribution in [3.63, 3.8) is 0 Å². The lowest BCUT2D eigenvalue weighted by atomic mass is 10.1. The van der Waals surface area contributed by atoms with Gasteiger partial charge in [0, 0.05) is 22.9 Å². The zero-order chi connectivity index (χ0) is 17.8. The Kier molecular flexibility index (Phi) is 4.93. The summed E-state index contributed by atoms with van der Waals surface area (Å²) in [5.74, 6) is -0.850. The zero-order valence-electron chi connectivity index (χ0n) is 13.8. The van der Waals surface area contributed by atoms with E-state index in [4.69, 9.17) is 9.15 Å². The van der Waals surface area contributed by atoms with E-state index < -0.39 is 5.97 Å². The molecule has 0 spiro atoms. The van der Waals surface area contributed by atoms with Gasteiger partial charge in [-0.2, -0.15) is 0 Å². The van der Waals surface area contributed by atoms with Gasteiger partial charge in [-0.15, -0.1) is 0 Å². The Labute approximate surface area is 144 Å². The van der Waals surface area contributed by atoms with Crippen LogP contribution in [0, 0.1) is 12.7 Å². The molecule has 0 atom stereocenters. The first-order valence-corrected chi connectivity index (χ1v) is 8.00. The van der Waals surface area contributed by atoms with Crippen LogP contribution in [0.3, 0.4) is 0 Å². The van der Waals surface area contributed by atoms with Gasteiger partial charge < -0.3 is 9.15 Å². The van der Waals surface area contributed by atoms with Crippen LogP contribution in [0.25, 0.3) is 11.0 Å². The number of carbonyl (C=O) groups is 2. The van der Waals surface area contributed by atoms with E-state index in [-0.39, 0.29) is 30.4 Å². The van der Waals surface area contributed by atoms with Crippen LogP contribution in [0.15, 0.2) is 52.9 Å². The largest absolute Gasteiger partial charge is 0.460 e. The molecule has 0 saturated heterocycles. The topological polar surface area (TPSA) is 56.5 Å². The van der Waals surface area contributed by atoms with Gasteiger partial charge in [0.05, 0.1) is 6.61 Å². The number of benzene rings is 2. The normalized spacial score (nSPS) is 10.8. The molecule has 0 aliphatic heterocycles. The maximum Gasteiger partial charge on any atom is 0.374 e. The Balaban J connectivity index is 1.53. The second kappa shape index (κ2) is 7.30. The zero-order valence-corrected chi connectivity index (χ0v) is 13.8. The quantitative estimate of drug-likeness (QED) is 0.371. The first-order chi connectivity index (χ1) is 12.1. The SMILES string of the molecule is Cc1c(C(=O)OCCCC(=O)c2ccc(F)cc2)oc2ccccc12. The number of ether oxygens (including phenoxy) is 1.